The molecule has 2 N–H and O–H groups in total. The van der Waals surface area contributed by atoms with Crippen molar-refractivity contribution in [3.05, 3.63) is 67.5 Å². The number of nitrogens with two attached hydrogens (primary N) is 1. The van der Waals surface area contributed by atoms with Gasteiger partial charge in [0.25, 0.3) is 0 Å². The van der Waals surface area contributed by atoms with Crippen LogP contribution in [0.3, 0.4) is 0 Å². The molecule has 0 saturated carbocycles. The summed E-state index contributed by atoms with van der Waals surface area (Å²) in [4.78, 5) is 0. The Kier molecular flexibility index (Phi) is 6.84. The van der Waals surface area contributed by atoms with Gasteiger partial charge >= 0.3 is 0 Å². The normalized spacial score (nSPS) is 12.0. The number of rotatable bonds is 4. The summed E-state index contributed by atoms with van der Waals surface area (Å²) in [5, 5.41) is 8.18. The quantitative estimate of drug-likeness (QED) is 0.220. The zero-order valence-corrected chi connectivity index (χ0v) is 15.9. The zero-order chi connectivity index (χ0) is 15.9. The number of hydrogen-bond acceptors (Lipinski definition) is 3. The Labute approximate surface area is 154 Å². The van der Waals surface area contributed by atoms with Crippen LogP contribution in [0.15, 0.2) is 57.1 Å². The van der Waals surface area contributed by atoms with E-state index in [1.165, 1.54) is 18.0 Å². The van der Waals surface area contributed by atoms with E-state index >= 15 is 0 Å². The third-order valence-corrected chi connectivity index (χ3v) is 5.14. The first kappa shape index (κ1) is 17.4. The van der Waals surface area contributed by atoms with Gasteiger partial charge in [-0.3, -0.25) is 0 Å². The van der Waals surface area contributed by atoms with E-state index in [0.717, 1.165) is 11.3 Å². The molecule has 0 aromatic heterocycles. The second kappa shape index (κ2) is 8.64. The maximum absolute atomic E-state index is 13.7. The Morgan fingerprint density at radius 2 is 2.00 bits per heavy atom. The Balaban J connectivity index is 1.97. The van der Waals surface area contributed by atoms with Crippen molar-refractivity contribution in [1.29, 1.82) is 0 Å². The molecule has 114 valence electrons. The Bertz CT molecular complexity index is 707. The molecule has 0 aliphatic heterocycles. The van der Waals surface area contributed by atoms with Gasteiger partial charge in [0.05, 0.1) is 10.7 Å². The summed E-state index contributed by atoms with van der Waals surface area (Å²) in [6.45, 7) is 0. The number of nitrogens with zero attached hydrogens (tertiary/aromatic N) is 2. The van der Waals surface area contributed by atoms with Crippen LogP contribution in [0.25, 0.3) is 0 Å². The fourth-order valence-electron chi connectivity index (χ4n) is 1.55. The highest BCUT2D eigenvalue weighted by Crippen LogP contribution is 2.23. The first-order chi connectivity index (χ1) is 10.6. The lowest BCUT2D eigenvalue weighted by Crippen LogP contribution is -2.06. The molecule has 0 aliphatic rings. The molecule has 0 aliphatic carbocycles. The summed E-state index contributed by atoms with van der Waals surface area (Å²) >= 11 is 6.54. The third kappa shape index (κ3) is 5.06. The van der Waals surface area contributed by atoms with Gasteiger partial charge in [-0.25, -0.2) is 4.39 Å². The molecule has 0 fully saturated rings. The molecule has 0 unspecified atom stereocenters. The average molecular weight is 492 g/mol. The van der Waals surface area contributed by atoms with Gasteiger partial charge in [-0.15, -0.1) is 5.10 Å². The molecule has 0 atom stereocenters. The van der Waals surface area contributed by atoms with Gasteiger partial charge < -0.3 is 5.73 Å². The van der Waals surface area contributed by atoms with E-state index in [4.69, 9.17) is 5.73 Å². The Hall–Kier alpha value is -0.930. The molecular weight excluding hydrogens is 480 g/mol. The highest BCUT2D eigenvalue weighted by atomic mass is 127. The largest absolute Gasteiger partial charge is 0.377 e. The van der Waals surface area contributed by atoms with Crippen molar-refractivity contribution < 1.29 is 4.39 Å². The molecule has 0 radical (unpaired) electrons. The van der Waals surface area contributed by atoms with Crippen LogP contribution in [0.5, 0.6) is 0 Å². The minimum Gasteiger partial charge on any atom is -0.377 e. The molecule has 3 nitrogen and oxygen atoms in total. The smallest absolute Gasteiger partial charge is 0.180 e. The predicted octanol–water partition coefficient (Wildman–Crippen LogP) is 4.77. The molecule has 2 aromatic rings. The van der Waals surface area contributed by atoms with E-state index in [9.17, 15) is 4.39 Å². The van der Waals surface area contributed by atoms with Crippen LogP contribution < -0.4 is 5.73 Å². The standard InChI is InChI=1S/C15H12BrFIN3S/c16-13-11(6-7-12(18)14(13)17)8-20-21-15(19)22-9-10-4-2-1-3-5-10/h1-8H,9H2,(H2,19,21). The minimum atomic E-state index is -0.306. The number of amidine groups is 1. The maximum atomic E-state index is 13.7. The third-order valence-electron chi connectivity index (χ3n) is 2.65. The van der Waals surface area contributed by atoms with Crippen LogP contribution in [-0.4, -0.2) is 11.4 Å². The predicted molar refractivity (Wildman–Crippen MR) is 104 cm³/mol. The van der Waals surface area contributed by atoms with Crippen molar-refractivity contribution in [1.82, 2.24) is 0 Å². The molecule has 7 heteroatoms. The van der Waals surface area contributed by atoms with Crippen molar-refractivity contribution in [2.75, 3.05) is 0 Å². The first-order valence-corrected chi connectivity index (χ1v) is 9.10. The van der Waals surface area contributed by atoms with Gasteiger partial charge in [0, 0.05) is 14.9 Å². The van der Waals surface area contributed by atoms with E-state index in [0.29, 0.717) is 18.8 Å². The van der Waals surface area contributed by atoms with Gasteiger partial charge in [0.15, 0.2) is 11.0 Å². The lowest BCUT2D eigenvalue weighted by atomic mass is 10.2. The number of hydrogen-bond donors (Lipinski definition) is 1. The summed E-state index contributed by atoms with van der Waals surface area (Å²) in [6, 6.07) is 13.4. The highest BCUT2D eigenvalue weighted by molar-refractivity contribution is 14.1. The summed E-state index contributed by atoms with van der Waals surface area (Å²) in [5.74, 6) is 0.424. The number of halogens is 3. The van der Waals surface area contributed by atoms with Crippen LogP contribution in [0.2, 0.25) is 0 Å². The molecule has 0 heterocycles. The van der Waals surface area contributed by atoms with E-state index in [1.807, 2.05) is 52.9 Å². The summed E-state index contributed by atoms with van der Waals surface area (Å²) in [6.07, 6.45) is 1.47. The molecule has 2 rings (SSSR count). The number of benzene rings is 2. The van der Waals surface area contributed by atoms with E-state index in [-0.39, 0.29) is 5.82 Å². The Morgan fingerprint density at radius 1 is 1.27 bits per heavy atom. The summed E-state index contributed by atoms with van der Waals surface area (Å²) in [7, 11) is 0. The first-order valence-electron chi connectivity index (χ1n) is 6.24. The molecule has 2 aromatic carbocycles. The van der Waals surface area contributed by atoms with Gasteiger partial charge in [-0.05, 0) is 50.2 Å². The lowest BCUT2D eigenvalue weighted by molar-refractivity contribution is 0.613. The van der Waals surface area contributed by atoms with Crippen LogP contribution in [0.1, 0.15) is 11.1 Å². The summed E-state index contributed by atoms with van der Waals surface area (Å²) in [5.41, 5.74) is 7.57. The van der Waals surface area contributed by atoms with E-state index < -0.39 is 0 Å². The van der Waals surface area contributed by atoms with Crippen molar-refractivity contribution in [3.63, 3.8) is 0 Å². The van der Waals surface area contributed by atoms with Gasteiger partial charge in [0.1, 0.15) is 0 Å². The minimum absolute atomic E-state index is 0.306. The highest BCUT2D eigenvalue weighted by Gasteiger charge is 2.07. The SMILES string of the molecule is NC(=NN=Cc1ccc(I)c(F)c1Br)SCc1ccccc1. The van der Waals surface area contributed by atoms with Gasteiger partial charge in [-0.1, -0.05) is 48.2 Å². The van der Waals surface area contributed by atoms with Crippen LogP contribution in [0.4, 0.5) is 4.39 Å². The number of thioether (sulfide) groups is 1. The van der Waals surface area contributed by atoms with E-state index in [2.05, 4.69) is 26.1 Å². The lowest BCUT2D eigenvalue weighted by Gasteiger charge is -2.01. The molecule has 0 spiro atoms. The summed E-state index contributed by atoms with van der Waals surface area (Å²) < 4.78 is 14.6. The average Bonchev–Trinajstić information content (AvgIpc) is 2.54. The van der Waals surface area contributed by atoms with Crippen molar-refractivity contribution in [2.45, 2.75) is 5.75 Å². The fraction of sp³-hybridized carbons (Fsp3) is 0.0667. The molecule has 0 saturated heterocycles. The topological polar surface area (TPSA) is 50.7 Å². The van der Waals surface area contributed by atoms with Crippen molar-refractivity contribution >= 4 is 61.7 Å². The Morgan fingerprint density at radius 3 is 2.73 bits per heavy atom. The second-order valence-corrected chi connectivity index (χ2v) is 7.17. The van der Waals surface area contributed by atoms with Crippen molar-refractivity contribution in [2.24, 2.45) is 15.9 Å². The second-order valence-electron chi connectivity index (χ2n) is 4.22. The van der Waals surface area contributed by atoms with Gasteiger partial charge in [0.2, 0.25) is 0 Å². The fourth-order valence-corrected chi connectivity index (χ4v) is 3.43. The van der Waals surface area contributed by atoms with Crippen LogP contribution in [0, 0.1) is 9.39 Å². The molecule has 0 amide bonds. The molecule has 22 heavy (non-hydrogen) atoms. The maximum Gasteiger partial charge on any atom is 0.180 e. The van der Waals surface area contributed by atoms with E-state index in [1.54, 1.807) is 12.1 Å². The van der Waals surface area contributed by atoms with Crippen LogP contribution in [-0.2, 0) is 5.75 Å². The molecule has 0 bridgehead atoms. The zero-order valence-electron chi connectivity index (χ0n) is 11.3. The monoisotopic (exact) mass is 491 g/mol. The van der Waals surface area contributed by atoms with Crippen molar-refractivity contribution in [3.8, 4) is 0 Å². The van der Waals surface area contributed by atoms with Gasteiger partial charge in [-0.2, -0.15) is 5.10 Å². The van der Waals surface area contributed by atoms with Crippen LogP contribution >= 0.6 is 50.3 Å². The molecular formula is C15H12BrFIN3S.